The molecule has 0 aliphatic carbocycles. The zero-order valence-corrected chi connectivity index (χ0v) is 10.8. The molecule has 0 radical (unpaired) electrons. The Morgan fingerprint density at radius 1 is 1.11 bits per heavy atom. The molecule has 0 fully saturated rings. The van der Waals surface area contributed by atoms with Crippen LogP contribution in [0.15, 0.2) is 36.4 Å². The van der Waals surface area contributed by atoms with Crippen LogP contribution >= 0.6 is 0 Å². The van der Waals surface area contributed by atoms with Gasteiger partial charge in [-0.15, -0.1) is 0 Å². The first kappa shape index (κ1) is 11.7. The van der Waals surface area contributed by atoms with Crippen LogP contribution in [0.2, 0.25) is 0 Å². The summed E-state index contributed by atoms with van der Waals surface area (Å²) in [6.07, 6.45) is 0. The van der Waals surface area contributed by atoms with Crippen molar-refractivity contribution in [2.45, 2.75) is 13.5 Å². The second-order valence-electron chi connectivity index (χ2n) is 4.62. The van der Waals surface area contributed by atoms with Crippen molar-refractivity contribution in [3.63, 3.8) is 0 Å². The number of ether oxygens (including phenoxy) is 2. The van der Waals surface area contributed by atoms with Crippen LogP contribution in [-0.4, -0.2) is 6.79 Å². The van der Waals surface area contributed by atoms with Gasteiger partial charge in [-0.1, -0.05) is 6.07 Å². The van der Waals surface area contributed by atoms with Gasteiger partial charge in [0.1, 0.15) is 0 Å². The summed E-state index contributed by atoms with van der Waals surface area (Å²) in [5, 5.41) is 3.40. The smallest absolute Gasteiger partial charge is 0.231 e. The maximum absolute atomic E-state index is 5.74. The molecule has 0 atom stereocenters. The molecule has 0 saturated carbocycles. The summed E-state index contributed by atoms with van der Waals surface area (Å²) in [5.74, 6) is 1.63. The van der Waals surface area contributed by atoms with Gasteiger partial charge in [0.15, 0.2) is 11.5 Å². The van der Waals surface area contributed by atoms with Crippen molar-refractivity contribution in [3.05, 3.63) is 47.5 Å². The van der Waals surface area contributed by atoms with Gasteiger partial charge in [-0.25, -0.2) is 0 Å². The number of nitrogens with two attached hydrogens (primary N) is 1. The van der Waals surface area contributed by atoms with E-state index >= 15 is 0 Å². The van der Waals surface area contributed by atoms with Crippen molar-refractivity contribution in [1.29, 1.82) is 0 Å². The van der Waals surface area contributed by atoms with Gasteiger partial charge in [0, 0.05) is 17.9 Å². The Labute approximate surface area is 112 Å². The highest BCUT2D eigenvalue weighted by Gasteiger charge is 2.12. The highest BCUT2D eigenvalue weighted by atomic mass is 16.7. The number of hydrogen-bond donors (Lipinski definition) is 2. The van der Waals surface area contributed by atoms with Crippen LogP contribution in [-0.2, 0) is 6.54 Å². The number of fused-ring (bicyclic) bond motifs is 1. The lowest BCUT2D eigenvalue weighted by molar-refractivity contribution is 0.174. The molecule has 98 valence electrons. The van der Waals surface area contributed by atoms with E-state index in [9.17, 15) is 0 Å². The molecule has 4 heteroatoms. The van der Waals surface area contributed by atoms with E-state index in [4.69, 9.17) is 15.2 Å². The molecule has 0 bridgehead atoms. The van der Waals surface area contributed by atoms with Crippen LogP contribution in [0.5, 0.6) is 11.5 Å². The van der Waals surface area contributed by atoms with Gasteiger partial charge in [0.05, 0.1) is 0 Å². The minimum atomic E-state index is 0.309. The third-order valence-corrected chi connectivity index (χ3v) is 3.17. The van der Waals surface area contributed by atoms with E-state index in [2.05, 4.69) is 5.32 Å². The lowest BCUT2D eigenvalue weighted by atomic mass is 10.1. The predicted octanol–water partition coefficient (Wildman–Crippen LogP) is 2.92. The third kappa shape index (κ3) is 2.42. The van der Waals surface area contributed by atoms with E-state index in [-0.39, 0.29) is 0 Å². The molecule has 4 nitrogen and oxygen atoms in total. The molecule has 1 aliphatic rings. The predicted molar refractivity (Wildman–Crippen MR) is 75.5 cm³/mol. The highest BCUT2D eigenvalue weighted by Crippen LogP contribution is 2.32. The van der Waals surface area contributed by atoms with Crippen LogP contribution in [0.3, 0.4) is 0 Å². The number of hydrogen-bond acceptors (Lipinski definition) is 4. The Morgan fingerprint density at radius 2 is 1.95 bits per heavy atom. The molecule has 0 saturated heterocycles. The van der Waals surface area contributed by atoms with Gasteiger partial charge >= 0.3 is 0 Å². The maximum Gasteiger partial charge on any atom is 0.231 e. The van der Waals surface area contributed by atoms with E-state index in [1.165, 1.54) is 0 Å². The number of anilines is 2. The van der Waals surface area contributed by atoms with Gasteiger partial charge in [-0.2, -0.15) is 0 Å². The molecule has 0 spiro atoms. The van der Waals surface area contributed by atoms with Crippen molar-refractivity contribution in [1.82, 2.24) is 0 Å². The molecule has 19 heavy (non-hydrogen) atoms. The lowest BCUT2D eigenvalue weighted by Gasteiger charge is -2.10. The lowest BCUT2D eigenvalue weighted by Crippen LogP contribution is -2.01. The fourth-order valence-electron chi connectivity index (χ4n) is 2.13. The number of benzene rings is 2. The average molecular weight is 256 g/mol. The standard InChI is InChI=1S/C15H16N2O2/c1-10-6-12(16)3-4-13(10)17-8-11-2-5-14-15(7-11)19-9-18-14/h2-7,17H,8-9,16H2,1H3. The van der Waals surface area contributed by atoms with Gasteiger partial charge in [0.2, 0.25) is 6.79 Å². The quantitative estimate of drug-likeness (QED) is 0.829. The molecule has 1 aliphatic heterocycles. The number of nitrogens with one attached hydrogen (secondary N) is 1. The first-order chi connectivity index (χ1) is 9.22. The fourth-order valence-corrected chi connectivity index (χ4v) is 2.13. The van der Waals surface area contributed by atoms with E-state index in [0.29, 0.717) is 6.79 Å². The zero-order valence-electron chi connectivity index (χ0n) is 10.8. The topological polar surface area (TPSA) is 56.5 Å². The Morgan fingerprint density at radius 3 is 2.79 bits per heavy atom. The van der Waals surface area contributed by atoms with Crippen molar-refractivity contribution in [2.75, 3.05) is 17.8 Å². The monoisotopic (exact) mass is 256 g/mol. The van der Waals surface area contributed by atoms with Crippen LogP contribution < -0.4 is 20.5 Å². The van der Waals surface area contributed by atoms with Gasteiger partial charge in [0.25, 0.3) is 0 Å². The molecular formula is C15H16N2O2. The van der Waals surface area contributed by atoms with Crippen molar-refractivity contribution < 1.29 is 9.47 Å². The number of aryl methyl sites for hydroxylation is 1. The van der Waals surface area contributed by atoms with E-state index in [1.54, 1.807) is 0 Å². The molecule has 0 amide bonds. The van der Waals surface area contributed by atoms with E-state index in [0.717, 1.165) is 40.5 Å². The molecule has 1 heterocycles. The summed E-state index contributed by atoms with van der Waals surface area (Å²) in [7, 11) is 0. The van der Waals surface area contributed by atoms with Crippen LogP contribution in [0, 0.1) is 6.92 Å². The Balaban J connectivity index is 1.72. The zero-order chi connectivity index (χ0) is 13.2. The fraction of sp³-hybridized carbons (Fsp3) is 0.200. The van der Waals surface area contributed by atoms with Gasteiger partial charge < -0.3 is 20.5 Å². The summed E-state index contributed by atoms with van der Waals surface area (Å²) in [6, 6.07) is 11.8. The molecule has 0 unspecified atom stereocenters. The number of nitrogen functional groups attached to an aromatic ring is 1. The maximum atomic E-state index is 5.74. The second kappa shape index (κ2) is 4.72. The molecule has 2 aromatic carbocycles. The van der Waals surface area contributed by atoms with Crippen LogP contribution in [0.4, 0.5) is 11.4 Å². The van der Waals surface area contributed by atoms with Crippen LogP contribution in [0.25, 0.3) is 0 Å². The Bertz CT molecular complexity index is 611. The summed E-state index contributed by atoms with van der Waals surface area (Å²) in [6.45, 7) is 3.09. The van der Waals surface area contributed by atoms with Crippen LogP contribution in [0.1, 0.15) is 11.1 Å². The largest absolute Gasteiger partial charge is 0.454 e. The molecule has 2 aromatic rings. The Kier molecular flexibility index (Phi) is 2.91. The average Bonchev–Trinajstić information content (AvgIpc) is 2.85. The summed E-state index contributed by atoms with van der Waals surface area (Å²) >= 11 is 0. The molecule has 3 rings (SSSR count). The van der Waals surface area contributed by atoms with Gasteiger partial charge in [-0.3, -0.25) is 0 Å². The number of rotatable bonds is 3. The Hall–Kier alpha value is -2.36. The molecule has 3 N–H and O–H groups in total. The summed E-state index contributed by atoms with van der Waals surface area (Å²) < 4.78 is 10.7. The van der Waals surface area contributed by atoms with Crippen molar-refractivity contribution in [3.8, 4) is 11.5 Å². The minimum absolute atomic E-state index is 0.309. The molecular weight excluding hydrogens is 240 g/mol. The normalized spacial score (nSPS) is 12.5. The summed E-state index contributed by atoms with van der Waals surface area (Å²) in [5.41, 5.74) is 9.90. The van der Waals surface area contributed by atoms with Crippen molar-refractivity contribution >= 4 is 11.4 Å². The van der Waals surface area contributed by atoms with Crippen molar-refractivity contribution in [2.24, 2.45) is 0 Å². The highest BCUT2D eigenvalue weighted by molar-refractivity contribution is 5.57. The third-order valence-electron chi connectivity index (χ3n) is 3.17. The first-order valence-corrected chi connectivity index (χ1v) is 6.21. The molecule has 0 aromatic heterocycles. The SMILES string of the molecule is Cc1cc(N)ccc1NCc1ccc2c(c1)OCO2. The van der Waals surface area contributed by atoms with E-state index < -0.39 is 0 Å². The minimum Gasteiger partial charge on any atom is -0.454 e. The summed E-state index contributed by atoms with van der Waals surface area (Å²) in [4.78, 5) is 0. The van der Waals surface area contributed by atoms with Gasteiger partial charge in [-0.05, 0) is 48.4 Å². The second-order valence-corrected chi connectivity index (χ2v) is 4.62. The van der Waals surface area contributed by atoms with E-state index in [1.807, 2.05) is 43.3 Å². The first-order valence-electron chi connectivity index (χ1n) is 6.21.